The van der Waals surface area contributed by atoms with Gasteiger partial charge >= 0.3 is 18.0 Å². The Morgan fingerprint density at radius 1 is 0.739 bits per heavy atom. The molecule has 0 radical (unpaired) electrons. The van der Waals surface area contributed by atoms with Gasteiger partial charge in [0.05, 0.1) is 0 Å². The van der Waals surface area contributed by atoms with Crippen molar-refractivity contribution in [3.8, 4) is 0 Å². The molecule has 0 aromatic heterocycles. The molecule has 0 fully saturated rings. The lowest BCUT2D eigenvalue weighted by atomic mass is 9.93. The first-order valence-corrected chi connectivity index (χ1v) is 8.86. The van der Waals surface area contributed by atoms with Gasteiger partial charge in [-0.1, -0.05) is 81.4 Å². The Labute approximate surface area is 146 Å². The maximum absolute atomic E-state index is 13.4. The van der Waals surface area contributed by atoms with Crippen LogP contribution in [-0.2, 0) is 0 Å². The zero-order valence-corrected chi connectivity index (χ0v) is 15.5. The number of rotatable bonds is 11. The monoisotopic (exact) mass is 464 g/mol. The predicted octanol–water partition coefficient (Wildman–Crippen LogP) is 7.54. The smallest absolute Gasteiger partial charge is 0.199 e. The SMILES string of the molecule is CCCCCCCCCC(C)(I)CC(F)(F)C(F)(F)C(F)(F)F. The lowest BCUT2D eigenvalue weighted by Gasteiger charge is -2.33. The Kier molecular flexibility index (Phi) is 9.18. The van der Waals surface area contributed by atoms with E-state index in [9.17, 15) is 30.7 Å². The Balaban J connectivity index is 4.39. The van der Waals surface area contributed by atoms with E-state index in [4.69, 9.17) is 0 Å². The van der Waals surface area contributed by atoms with E-state index in [1.807, 2.05) is 0 Å². The van der Waals surface area contributed by atoms with Crippen LogP contribution in [0.3, 0.4) is 0 Å². The molecule has 0 aliphatic rings. The average Bonchev–Trinajstić information content (AvgIpc) is 2.34. The van der Waals surface area contributed by atoms with Crippen LogP contribution in [0.15, 0.2) is 0 Å². The van der Waals surface area contributed by atoms with Crippen LogP contribution in [0.4, 0.5) is 30.7 Å². The van der Waals surface area contributed by atoms with E-state index in [1.165, 1.54) is 6.92 Å². The maximum atomic E-state index is 13.4. The minimum Gasteiger partial charge on any atom is -0.199 e. The highest BCUT2D eigenvalue weighted by molar-refractivity contribution is 14.1. The summed E-state index contributed by atoms with van der Waals surface area (Å²) in [7, 11) is 0. The Bertz CT molecular complexity index is 337. The van der Waals surface area contributed by atoms with Crippen LogP contribution >= 0.6 is 22.6 Å². The summed E-state index contributed by atoms with van der Waals surface area (Å²) in [6.45, 7) is 3.38. The summed E-state index contributed by atoms with van der Waals surface area (Å²) in [5, 5.41) is 0. The molecular weight excluding hydrogens is 440 g/mol. The third-order valence-electron chi connectivity index (χ3n) is 3.71. The van der Waals surface area contributed by atoms with Crippen LogP contribution in [-0.4, -0.2) is 21.4 Å². The highest BCUT2D eigenvalue weighted by Crippen LogP contribution is 2.51. The summed E-state index contributed by atoms with van der Waals surface area (Å²) in [5.74, 6) is -11.1. The van der Waals surface area contributed by atoms with E-state index in [2.05, 4.69) is 6.92 Å². The standard InChI is InChI=1S/C15H24F7I/c1-3-4-5-6-7-8-9-10-12(2,23)11-13(16,17)14(18,19)15(20,21)22/h3-11H2,1-2H3. The summed E-state index contributed by atoms with van der Waals surface area (Å²) in [6, 6.07) is 0. The molecule has 0 aromatic rings. The molecule has 0 aliphatic heterocycles. The molecule has 23 heavy (non-hydrogen) atoms. The molecule has 0 nitrogen and oxygen atoms in total. The molecule has 8 heteroatoms. The molecule has 0 bridgehead atoms. The zero-order valence-electron chi connectivity index (χ0n) is 13.4. The minimum atomic E-state index is -6.25. The van der Waals surface area contributed by atoms with Gasteiger partial charge in [0.25, 0.3) is 0 Å². The Morgan fingerprint density at radius 2 is 1.17 bits per heavy atom. The van der Waals surface area contributed by atoms with Crippen molar-refractivity contribution in [2.24, 2.45) is 0 Å². The fourth-order valence-electron chi connectivity index (χ4n) is 2.32. The average molecular weight is 464 g/mol. The topological polar surface area (TPSA) is 0 Å². The first kappa shape index (κ1) is 23.2. The van der Waals surface area contributed by atoms with E-state index in [-0.39, 0.29) is 6.42 Å². The van der Waals surface area contributed by atoms with Crippen LogP contribution in [0.2, 0.25) is 0 Å². The number of hydrogen-bond acceptors (Lipinski definition) is 0. The first-order chi connectivity index (χ1) is 10.3. The summed E-state index contributed by atoms with van der Waals surface area (Å²) in [5.41, 5.74) is 0. The van der Waals surface area contributed by atoms with Gasteiger partial charge in [-0.15, -0.1) is 0 Å². The van der Waals surface area contributed by atoms with Crippen molar-refractivity contribution in [2.75, 3.05) is 0 Å². The van der Waals surface area contributed by atoms with Crippen molar-refractivity contribution < 1.29 is 30.7 Å². The first-order valence-electron chi connectivity index (χ1n) is 7.78. The molecule has 0 saturated heterocycles. The van der Waals surface area contributed by atoms with Gasteiger partial charge in [-0.05, 0) is 6.42 Å². The van der Waals surface area contributed by atoms with E-state index >= 15 is 0 Å². The summed E-state index contributed by atoms with van der Waals surface area (Å²) < 4.78 is 87.8. The van der Waals surface area contributed by atoms with Crippen molar-refractivity contribution in [1.29, 1.82) is 0 Å². The largest absolute Gasteiger partial charge is 0.459 e. The van der Waals surface area contributed by atoms with Crippen LogP contribution in [0.1, 0.15) is 71.6 Å². The fraction of sp³-hybridized carbons (Fsp3) is 1.00. The quantitative estimate of drug-likeness (QED) is 0.128. The van der Waals surface area contributed by atoms with Gasteiger partial charge in [-0.2, -0.15) is 30.7 Å². The molecule has 0 amide bonds. The third kappa shape index (κ3) is 7.77. The van der Waals surface area contributed by atoms with Crippen LogP contribution < -0.4 is 0 Å². The van der Waals surface area contributed by atoms with Gasteiger partial charge in [0.2, 0.25) is 0 Å². The van der Waals surface area contributed by atoms with Crippen molar-refractivity contribution in [3.05, 3.63) is 0 Å². The number of alkyl halides is 8. The molecular formula is C15H24F7I. The van der Waals surface area contributed by atoms with E-state index in [1.54, 1.807) is 22.6 Å². The van der Waals surface area contributed by atoms with E-state index in [0.717, 1.165) is 38.5 Å². The second-order valence-electron chi connectivity index (χ2n) is 6.24. The predicted molar refractivity (Wildman–Crippen MR) is 85.6 cm³/mol. The van der Waals surface area contributed by atoms with Crippen LogP contribution in [0.25, 0.3) is 0 Å². The van der Waals surface area contributed by atoms with Crippen molar-refractivity contribution >= 4 is 22.6 Å². The fourth-order valence-corrected chi connectivity index (χ4v) is 3.18. The number of halogens is 8. The molecule has 0 N–H and O–H groups in total. The van der Waals surface area contributed by atoms with Gasteiger partial charge in [-0.3, -0.25) is 0 Å². The minimum absolute atomic E-state index is 0.185. The lowest BCUT2D eigenvalue weighted by Crippen LogP contribution is -2.53. The van der Waals surface area contributed by atoms with Crippen LogP contribution in [0, 0.1) is 0 Å². The van der Waals surface area contributed by atoms with E-state index in [0.29, 0.717) is 6.42 Å². The molecule has 0 aromatic carbocycles. The lowest BCUT2D eigenvalue weighted by molar-refractivity contribution is -0.356. The zero-order chi connectivity index (χ0) is 18.4. The van der Waals surface area contributed by atoms with Gasteiger partial charge in [0.1, 0.15) is 0 Å². The summed E-state index contributed by atoms with van der Waals surface area (Å²) >= 11 is 1.56. The molecule has 0 saturated carbocycles. The molecule has 0 heterocycles. The molecule has 140 valence electrons. The van der Waals surface area contributed by atoms with Gasteiger partial charge in [0, 0.05) is 9.84 Å². The summed E-state index contributed by atoms with van der Waals surface area (Å²) in [4.78, 5) is 0. The summed E-state index contributed by atoms with van der Waals surface area (Å²) in [6.07, 6.45) is -0.986. The molecule has 1 atom stereocenters. The van der Waals surface area contributed by atoms with Crippen molar-refractivity contribution in [3.63, 3.8) is 0 Å². The molecule has 0 aliphatic carbocycles. The van der Waals surface area contributed by atoms with Gasteiger partial charge < -0.3 is 0 Å². The number of hydrogen-bond donors (Lipinski definition) is 0. The third-order valence-corrected chi connectivity index (χ3v) is 4.63. The van der Waals surface area contributed by atoms with Gasteiger partial charge in [0.15, 0.2) is 0 Å². The maximum Gasteiger partial charge on any atom is 0.459 e. The number of unbranched alkanes of at least 4 members (excludes halogenated alkanes) is 6. The normalized spacial score (nSPS) is 16.4. The second kappa shape index (κ2) is 9.08. The van der Waals surface area contributed by atoms with Crippen molar-refractivity contribution in [2.45, 2.75) is 93.1 Å². The second-order valence-corrected chi connectivity index (χ2v) is 8.84. The van der Waals surface area contributed by atoms with E-state index < -0.39 is 27.9 Å². The Hall–Kier alpha value is 0.240. The highest BCUT2D eigenvalue weighted by Gasteiger charge is 2.73. The molecule has 0 rings (SSSR count). The molecule has 1 unspecified atom stereocenters. The van der Waals surface area contributed by atoms with Gasteiger partial charge in [-0.25, -0.2) is 0 Å². The highest BCUT2D eigenvalue weighted by atomic mass is 127. The Morgan fingerprint density at radius 3 is 1.61 bits per heavy atom. The van der Waals surface area contributed by atoms with Crippen LogP contribution in [0.5, 0.6) is 0 Å². The molecule has 0 spiro atoms. The van der Waals surface area contributed by atoms with Crippen molar-refractivity contribution in [1.82, 2.24) is 0 Å².